The molecule has 1 saturated carbocycles. The highest BCUT2D eigenvalue weighted by atomic mass is 35.5. The number of carbonyl (C=O) groups excluding carboxylic acids is 1. The second kappa shape index (κ2) is 7.31. The zero-order valence-electron chi connectivity index (χ0n) is 13.4. The van der Waals surface area contributed by atoms with E-state index < -0.39 is 11.7 Å². The van der Waals surface area contributed by atoms with Gasteiger partial charge in [0.2, 0.25) is 5.91 Å². The van der Waals surface area contributed by atoms with Gasteiger partial charge in [0.25, 0.3) is 0 Å². The summed E-state index contributed by atoms with van der Waals surface area (Å²) in [5.41, 5.74) is -0.0408. The molecule has 134 valence electrons. The van der Waals surface area contributed by atoms with Gasteiger partial charge in [-0.05, 0) is 42.9 Å². The van der Waals surface area contributed by atoms with Crippen molar-refractivity contribution in [2.24, 2.45) is 11.8 Å². The molecule has 0 spiro atoms. The van der Waals surface area contributed by atoms with Crippen LogP contribution in [0.4, 0.5) is 13.2 Å². The fourth-order valence-electron chi connectivity index (χ4n) is 3.27. The summed E-state index contributed by atoms with van der Waals surface area (Å²) in [6, 6.07) is 5.44. The van der Waals surface area contributed by atoms with Gasteiger partial charge in [-0.1, -0.05) is 25.1 Å². The minimum atomic E-state index is -4.34. The van der Waals surface area contributed by atoms with E-state index in [1.54, 1.807) is 6.07 Å². The van der Waals surface area contributed by atoms with Gasteiger partial charge in [0.1, 0.15) is 0 Å². The second-order valence-electron chi connectivity index (χ2n) is 6.66. The average Bonchev–Trinajstić information content (AvgIpc) is 3.29. The molecule has 1 aliphatic carbocycles. The normalized spacial score (nSPS) is 29.5. The number of nitrogens with one attached hydrogen (secondary N) is 2. The SMILES string of the molecule is CC1CCNCC1NC(=O)C1CC1c1cccc(C(F)(F)F)c1.Cl. The first-order valence-corrected chi connectivity index (χ1v) is 8.04. The Labute approximate surface area is 145 Å². The van der Waals surface area contributed by atoms with Crippen LogP contribution in [-0.4, -0.2) is 25.0 Å². The van der Waals surface area contributed by atoms with E-state index in [9.17, 15) is 18.0 Å². The summed E-state index contributed by atoms with van der Waals surface area (Å²) in [4.78, 5) is 12.3. The van der Waals surface area contributed by atoms with Crippen LogP contribution >= 0.6 is 12.4 Å². The number of hydrogen-bond acceptors (Lipinski definition) is 2. The molecule has 1 amide bonds. The number of hydrogen-bond donors (Lipinski definition) is 2. The minimum absolute atomic E-state index is 0. The third-order valence-electron chi connectivity index (χ3n) is 4.92. The van der Waals surface area contributed by atoms with Crippen LogP contribution in [-0.2, 0) is 11.0 Å². The molecule has 1 heterocycles. The van der Waals surface area contributed by atoms with Crippen molar-refractivity contribution >= 4 is 18.3 Å². The van der Waals surface area contributed by atoms with Crippen LogP contribution in [0, 0.1) is 11.8 Å². The molecular formula is C17H22ClF3N2O. The Hall–Kier alpha value is -1.27. The van der Waals surface area contributed by atoms with Crippen molar-refractivity contribution in [3.8, 4) is 0 Å². The first-order chi connectivity index (χ1) is 10.9. The summed E-state index contributed by atoms with van der Waals surface area (Å²) in [6.45, 7) is 3.83. The minimum Gasteiger partial charge on any atom is -0.352 e. The maximum atomic E-state index is 12.8. The molecule has 2 aliphatic rings. The summed E-state index contributed by atoms with van der Waals surface area (Å²) in [5.74, 6) is 0.0932. The molecule has 1 aliphatic heterocycles. The van der Waals surface area contributed by atoms with Crippen LogP contribution in [0.3, 0.4) is 0 Å². The lowest BCUT2D eigenvalue weighted by Gasteiger charge is -2.30. The lowest BCUT2D eigenvalue weighted by Crippen LogP contribution is -2.50. The number of amides is 1. The molecule has 1 aromatic carbocycles. The Morgan fingerprint density at radius 1 is 1.33 bits per heavy atom. The van der Waals surface area contributed by atoms with E-state index in [0.29, 0.717) is 17.9 Å². The number of rotatable bonds is 3. The van der Waals surface area contributed by atoms with E-state index in [-0.39, 0.29) is 36.2 Å². The monoisotopic (exact) mass is 362 g/mol. The highest BCUT2D eigenvalue weighted by Crippen LogP contribution is 2.48. The van der Waals surface area contributed by atoms with E-state index in [2.05, 4.69) is 17.6 Å². The van der Waals surface area contributed by atoms with Crippen molar-refractivity contribution in [2.75, 3.05) is 13.1 Å². The molecule has 4 unspecified atom stereocenters. The number of carbonyl (C=O) groups is 1. The number of alkyl halides is 3. The zero-order valence-corrected chi connectivity index (χ0v) is 14.2. The molecule has 7 heteroatoms. The van der Waals surface area contributed by atoms with Crippen LogP contribution < -0.4 is 10.6 Å². The quantitative estimate of drug-likeness (QED) is 0.865. The van der Waals surface area contributed by atoms with Crippen molar-refractivity contribution in [1.29, 1.82) is 0 Å². The van der Waals surface area contributed by atoms with Gasteiger partial charge in [0.15, 0.2) is 0 Å². The summed E-state index contributed by atoms with van der Waals surface area (Å²) >= 11 is 0. The van der Waals surface area contributed by atoms with Crippen LogP contribution in [0.1, 0.15) is 36.8 Å². The van der Waals surface area contributed by atoms with Crippen LogP contribution in [0.5, 0.6) is 0 Å². The number of benzene rings is 1. The Bertz CT molecular complexity index is 593. The molecule has 1 aromatic rings. The van der Waals surface area contributed by atoms with E-state index in [4.69, 9.17) is 0 Å². The van der Waals surface area contributed by atoms with Gasteiger partial charge in [0, 0.05) is 18.5 Å². The van der Waals surface area contributed by atoms with E-state index in [1.165, 1.54) is 12.1 Å². The smallest absolute Gasteiger partial charge is 0.352 e. The largest absolute Gasteiger partial charge is 0.416 e. The van der Waals surface area contributed by atoms with Gasteiger partial charge in [-0.2, -0.15) is 13.2 Å². The van der Waals surface area contributed by atoms with Gasteiger partial charge in [-0.15, -0.1) is 12.4 Å². The van der Waals surface area contributed by atoms with E-state index in [1.807, 2.05) is 0 Å². The fraction of sp³-hybridized carbons (Fsp3) is 0.588. The molecule has 3 nitrogen and oxygen atoms in total. The number of halogens is 4. The maximum Gasteiger partial charge on any atom is 0.416 e. The highest BCUT2D eigenvalue weighted by molar-refractivity contribution is 5.85. The van der Waals surface area contributed by atoms with Gasteiger partial charge < -0.3 is 10.6 Å². The third kappa shape index (κ3) is 4.22. The van der Waals surface area contributed by atoms with Crippen molar-refractivity contribution in [2.45, 2.75) is 37.9 Å². The maximum absolute atomic E-state index is 12.8. The predicted octanol–water partition coefficient (Wildman–Crippen LogP) is 3.34. The molecule has 24 heavy (non-hydrogen) atoms. The van der Waals surface area contributed by atoms with Gasteiger partial charge in [0.05, 0.1) is 5.56 Å². The van der Waals surface area contributed by atoms with E-state index >= 15 is 0 Å². The molecule has 2 fully saturated rings. The Kier molecular flexibility index (Phi) is 5.81. The lowest BCUT2D eigenvalue weighted by molar-refractivity contribution is -0.137. The summed E-state index contributed by atoms with van der Waals surface area (Å²) in [6.07, 6.45) is -2.69. The van der Waals surface area contributed by atoms with Crippen molar-refractivity contribution in [3.63, 3.8) is 0 Å². The Morgan fingerprint density at radius 3 is 2.75 bits per heavy atom. The van der Waals surface area contributed by atoms with Gasteiger partial charge in [-0.3, -0.25) is 4.79 Å². The molecule has 1 saturated heterocycles. The first-order valence-electron chi connectivity index (χ1n) is 8.04. The van der Waals surface area contributed by atoms with E-state index in [0.717, 1.165) is 25.6 Å². The molecule has 0 aromatic heterocycles. The van der Waals surface area contributed by atoms with Crippen molar-refractivity contribution in [1.82, 2.24) is 10.6 Å². The van der Waals surface area contributed by atoms with Gasteiger partial charge >= 0.3 is 6.18 Å². The fourth-order valence-corrected chi connectivity index (χ4v) is 3.27. The highest BCUT2D eigenvalue weighted by Gasteiger charge is 2.45. The standard InChI is InChI=1S/C17H21F3N2O.ClH/c1-10-5-6-21-9-15(10)22-16(23)14-8-13(14)11-3-2-4-12(7-11)17(18,19)20;/h2-4,7,10,13-15,21H,5-6,8-9H2,1H3,(H,22,23);1H. The van der Waals surface area contributed by atoms with Crippen molar-refractivity contribution < 1.29 is 18.0 Å². The predicted molar refractivity (Wildman–Crippen MR) is 88.1 cm³/mol. The lowest BCUT2D eigenvalue weighted by atomic mass is 9.94. The zero-order chi connectivity index (χ0) is 16.6. The molecule has 2 N–H and O–H groups in total. The molecule has 3 rings (SSSR count). The molecule has 0 bridgehead atoms. The molecule has 0 radical (unpaired) electrons. The van der Waals surface area contributed by atoms with Crippen molar-refractivity contribution in [3.05, 3.63) is 35.4 Å². The summed E-state index contributed by atoms with van der Waals surface area (Å²) in [5, 5.41) is 6.31. The first kappa shape index (κ1) is 19.1. The molecule has 4 atom stereocenters. The molecular weight excluding hydrogens is 341 g/mol. The van der Waals surface area contributed by atoms with Crippen LogP contribution in [0.25, 0.3) is 0 Å². The number of piperidine rings is 1. The van der Waals surface area contributed by atoms with Crippen LogP contribution in [0.15, 0.2) is 24.3 Å². The topological polar surface area (TPSA) is 41.1 Å². The second-order valence-corrected chi connectivity index (χ2v) is 6.66. The average molecular weight is 363 g/mol. The van der Waals surface area contributed by atoms with Crippen LogP contribution in [0.2, 0.25) is 0 Å². The Morgan fingerprint density at radius 2 is 2.08 bits per heavy atom. The van der Waals surface area contributed by atoms with Gasteiger partial charge in [-0.25, -0.2) is 0 Å². The Balaban J connectivity index is 0.00000208. The summed E-state index contributed by atoms with van der Waals surface area (Å²) in [7, 11) is 0. The summed E-state index contributed by atoms with van der Waals surface area (Å²) < 4.78 is 38.3. The third-order valence-corrected chi connectivity index (χ3v) is 4.92.